The van der Waals surface area contributed by atoms with Crippen LogP contribution in [0.1, 0.15) is 16.3 Å². The minimum Gasteiger partial charge on any atom is -0.453 e. The van der Waals surface area contributed by atoms with Gasteiger partial charge in [-0.25, -0.2) is 0 Å². The SMILES string of the molecule is CNC(=O)CN1CCN(C(=O)c2ccc(COC)o2)CC1. The number of nitrogens with zero attached hydrogens (tertiary/aromatic N) is 2. The summed E-state index contributed by atoms with van der Waals surface area (Å²) in [6, 6.07) is 3.42. The molecule has 1 aromatic heterocycles. The van der Waals surface area contributed by atoms with Crippen LogP contribution < -0.4 is 5.32 Å². The molecular weight excluding hydrogens is 274 g/mol. The lowest BCUT2D eigenvalue weighted by atomic mass is 10.3. The molecule has 0 spiro atoms. The van der Waals surface area contributed by atoms with E-state index in [0.29, 0.717) is 50.9 Å². The van der Waals surface area contributed by atoms with Gasteiger partial charge in [-0.15, -0.1) is 0 Å². The molecule has 2 rings (SSSR count). The standard InChI is InChI=1S/C14H21N3O4/c1-15-13(18)9-16-5-7-17(8-6-16)14(19)12-4-3-11(21-12)10-20-2/h3-4H,5-10H2,1-2H3,(H,15,18). The second-order valence-corrected chi connectivity index (χ2v) is 4.94. The Labute approximate surface area is 123 Å². The van der Waals surface area contributed by atoms with Gasteiger partial charge in [0.05, 0.1) is 6.54 Å². The average molecular weight is 295 g/mol. The van der Waals surface area contributed by atoms with Crippen LogP contribution in [0.25, 0.3) is 0 Å². The fourth-order valence-electron chi connectivity index (χ4n) is 2.26. The maximum absolute atomic E-state index is 12.3. The highest BCUT2D eigenvalue weighted by molar-refractivity contribution is 5.91. The number of hydrogen-bond donors (Lipinski definition) is 1. The number of amides is 2. The van der Waals surface area contributed by atoms with Crippen LogP contribution in [0.15, 0.2) is 16.5 Å². The van der Waals surface area contributed by atoms with E-state index in [1.165, 1.54) is 0 Å². The third kappa shape index (κ3) is 4.05. The summed E-state index contributed by atoms with van der Waals surface area (Å²) in [5, 5.41) is 2.60. The van der Waals surface area contributed by atoms with Crippen molar-refractivity contribution in [2.24, 2.45) is 0 Å². The number of furan rings is 1. The predicted octanol–water partition coefficient (Wildman–Crippen LogP) is -0.0702. The summed E-state index contributed by atoms with van der Waals surface area (Å²) in [4.78, 5) is 27.4. The molecule has 7 nitrogen and oxygen atoms in total. The molecular formula is C14H21N3O4. The van der Waals surface area contributed by atoms with E-state index in [0.717, 1.165) is 0 Å². The number of piperazine rings is 1. The van der Waals surface area contributed by atoms with Crippen LogP contribution in [0.4, 0.5) is 0 Å². The van der Waals surface area contributed by atoms with Crippen molar-refractivity contribution in [3.8, 4) is 0 Å². The maximum atomic E-state index is 12.3. The molecule has 1 fully saturated rings. The van der Waals surface area contributed by atoms with Crippen LogP contribution >= 0.6 is 0 Å². The number of nitrogens with one attached hydrogen (secondary N) is 1. The van der Waals surface area contributed by atoms with E-state index in [2.05, 4.69) is 5.32 Å². The summed E-state index contributed by atoms with van der Waals surface area (Å²) in [6.45, 7) is 3.28. The van der Waals surface area contributed by atoms with Gasteiger partial charge in [0.2, 0.25) is 5.91 Å². The second-order valence-electron chi connectivity index (χ2n) is 4.94. The van der Waals surface area contributed by atoms with E-state index in [4.69, 9.17) is 9.15 Å². The molecule has 1 saturated heterocycles. The van der Waals surface area contributed by atoms with Crippen LogP contribution in [0, 0.1) is 0 Å². The normalized spacial score (nSPS) is 16.0. The van der Waals surface area contributed by atoms with Crippen molar-refractivity contribution in [2.75, 3.05) is 46.9 Å². The van der Waals surface area contributed by atoms with Gasteiger partial charge in [-0.2, -0.15) is 0 Å². The third-order valence-electron chi connectivity index (χ3n) is 3.46. The zero-order valence-corrected chi connectivity index (χ0v) is 12.4. The summed E-state index contributed by atoms with van der Waals surface area (Å²) in [6.07, 6.45) is 0. The number of methoxy groups -OCH3 is 1. The van der Waals surface area contributed by atoms with E-state index < -0.39 is 0 Å². The Morgan fingerprint density at radius 3 is 2.62 bits per heavy atom. The van der Waals surface area contributed by atoms with Gasteiger partial charge in [0.1, 0.15) is 12.4 Å². The van der Waals surface area contributed by atoms with Crippen molar-refractivity contribution in [1.82, 2.24) is 15.1 Å². The lowest BCUT2D eigenvalue weighted by Crippen LogP contribution is -2.50. The molecule has 1 aromatic rings. The summed E-state index contributed by atoms with van der Waals surface area (Å²) in [5.74, 6) is 0.850. The smallest absolute Gasteiger partial charge is 0.289 e. The minimum atomic E-state index is -0.114. The number of carbonyl (C=O) groups excluding carboxylic acids is 2. The Morgan fingerprint density at radius 1 is 1.29 bits per heavy atom. The zero-order valence-electron chi connectivity index (χ0n) is 12.4. The monoisotopic (exact) mass is 295 g/mol. The summed E-state index contributed by atoms with van der Waals surface area (Å²) in [5.41, 5.74) is 0. The van der Waals surface area contributed by atoms with Gasteiger partial charge >= 0.3 is 0 Å². The van der Waals surface area contributed by atoms with Crippen molar-refractivity contribution in [2.45, 2.75) is 6.61 Å². The molecule has 0 aliphatic carbocycles. The van der Waals surface area contributed by atoms with Gasteiger partial charge in [-0.3, -0.25) is 14.5 Å². The van der Waals surface area contributed by atoms with Gasteiger partial charge in [0, 0.05) is 40.3 Å². The van der Waals surface area contributed by atoms with Gasteiger partial charge < -0.3 is 19.4 Å². The molecule has 0 bridgehead atoms. The molecule has 1 aliphatic rings. The summed E-state index contributed by atoms with van der Waals surface area (Å²) < 4.78 is 10.4. The van der Waals surface area contributed by atoms with Crippen molar-refractivity contribution < 1.29 is 18.7 Å². The number of hydrogen-bond acceptors (Lipinski definition) is 5. The van der Waals surface area contributed by atoms with E-state index in [1.807, 2.05) is 4.90 Å². The first-order valence-electron chi connectivity index (χ1n) is 6.94. The molecule has 116 valence electrons. The third-order valence-corrected chi connectivity index (χ3v) is 3.46. The van der Waals surface area contributed by atoms with Gasteiger partial charge in [0.25, 0.3) is 5.91 Å². The Hall–Kier alpha value is -1.86. The first kappa shape index (κ1) is 15.5. The lowest BCUT2D eigenvalue weighted by Gasteiger charge is -2.33. The highest BCUT2D eigenvalue weighted by Gasteiger charge is 2.24. The fraction of sp³-hybridized carbons (Fsp3) is 0.571. The van der Waals surface area contributed by atoms with Gasteiger partial charge in [-0.05, 0) is 12.1 Å². The van der Waals surface area contributed by atoms with Crippen molar-refractivity contribution in [1.29, 1.82) is 0 Å². The van der Waals surface area contributed by atoms with E-state index in [-0.39, 0.29) is 11.8 Å². The molecule has 0 aromatic carbocycles. The zero-order chi connectivity index (χ0) is 15.2. The maximum Gasteiger partial charge on any atom is 0.289 e. The minimum absolute atomic E-state index is 0.00924. The largest absolute Gasteiger partial charge is 0.453 e. The Kier molecular flexibility index (Phi) is 5.35. The van der Waals surface area contributed by atoms with Gasteiger partial charge in [0.15, 0.2) is 5.76 Å². The Balaban J connectivity index is 1.86. The Morgan fingerprint density at radius 2 is 2.00 bits per heavy atom. The Bertz CT molecular complexity index is 492. The van der Waals surface area contributed by atoms with Crippen LogP contribution in [0.2, 0.25) is 0 Å². The predicted molar refractivity (Wildman–Crippen MR) is 75.8 cm³/mol. The van der Waals surface area contributed by atoms with Gasteiger partial charge in [-0.1, -0.05) is 0 Å². The molecule has 2 amide bonds. The van der Waals surface area contributed by atoms with Crippen molar-refractivity contribution in [3.05, 3.63) is 23.7 Å². The highest BCUT2D eigenvalue weighted by atomic mass is 16.5. The molecule has 0 saturated carbocycles. The number of carbonyl (C=O) groups is 2. The summed E-state index contributed by atoms with van der Waals surface area (Å²) >= 11 is 0. The fourth-order valence-corrected chi connectivity index (χ4v) is 2.26. The van der Waals surface area contributed by atoms with Crippen molar-refractivity contribution in [3.63, 3.8) is 0 Å². The quantitative estimate of drug-likeness (QED) is 0.823. The second kappa shape index (κ2) is 7.24. The molecule has 0 unspecified atom stereocenters. The van der Waals surface area contributed by atoms with Crippen molar-refractivity contribution >= 4 is 11.8 Å². The van der Waals surface area contributed by atoms with E-state index in [1.54, 1.807) is 31.2 Å². The molecule has 7 heteroatoms. The molecule has 0 radical (unpaired) electrons. The topological polar surface area (TPSA) is 75.0 Å². The lowest BCUT2D eigenvalue weighted by molar-refractivity contribution is -0.122. The molecule has 21 heavy (non-hydrogen) atoms. The van der Waals surface area contributed by atoms with Crippen LogP contribution in [-0.2, 0) is 16.1 Å². The average Bonchev–Trinajstić information content (AvgIpc) is 2.96. The first-order chi connectivity index (χ1) is 10.1. The first-order valence-corrected chi connectivity index (χ1v) is 6.94. The van der Waals surface area contributed by atoms with E-state index in [9.17, 15) is 9.59 Å². The molecule has 2 heterocycles. The molecule has 0 atom stereocenters. The number of likely N-dealkylation sites (N-methyl/N-ethyl adjacent to an activating group) is 1. The highest BCUT2D eigenvalue weighted by Crippen LogP contribution is 2.13. The van der Waals surface area contributed by atoms with Crippen LogP contribution in [0.5, 0.6) is 0 Å². The van der Waals surface area contributed by atoms with E-state index >= 15 is 0 Å². The van der Waals surface area contributed by atoms with Crippen LogP contribution in [-0.4, -0.2) is 68.5 Å². The molecule has 1 N–H and O–H groups in total. The van der Waals surface area contributed by atoms with Crippen LogP contribution in [0.3, 0.4) is 0 Å². The summed E-state index contributed by atoms with van der Waals surface area (Å²) in [7, 11) is 3.20. The number of rotatable bonds is 5. The molecule has 1 aliphatic heterocycles. The number of ether oxygens (including phenoxy) is 1.